The first-order chi connectivity index (χ1) is 9.22. The smallest absolute Gasteiger partial charge is 0.133 e. The van der Waals surface area contributed by atoms with E-state index in [9.17, 15) is 0 Å². The Bertz CT molecular complexity index is 542. The molecule has 1 aromatic carbocycles. The van der Waals surface area contributed by atoms with Crippen LogP contribution in [0.3, 0.4) is 0 Å². The molecule has 0 saturated carbocycles. The van der Waals surface area contributed by atoms with Gasteiger partial charge in [-0.3, -0.25) is 0 Å². The predicted molar refractivity (Wildman–Crippen MR) is 82.7 cm³/mol. The molecule has 1 aromatic heterocycles. The normalized spacial score (nSPS) is 10.7. The van der Waals surface area contributed by atoms with Crippen molar-refractivity contribution in [2.75, 3.05) is 7.11 Å². The van der Waals surface area contributed by atoms with Crippen LogP contribution in [0.5, 0.6) is 5.75 Å². The molecule has 19 heavy (non-hydrogen) atoms. The van der Waals surface area contributed by atoms with Gasteiger partial charge in [0.05, 0.1) is 11.6 Å². The molecular weight excluding hydrogens is 324 g/mol. The highest BCUT2D eigenvalue weighted by Crippen LogP contribution is 2.25. The fourth-order valence-corrected chi connectivity index (χ4v) is 3.15. The zero-order valence-corrected chi connectivity index (χ0v) is 13.5. The molecule has 5 heteroatoms. The number of benzene rings is 1. The highest BCUT2D eigenvalue weighted by atomic mass is 79.9. The van der Waals surface area contributed by atoms with Gasteiger partial charge >= 0.3 is 0 Å². The Morgan fingerprint density at radius 3 is 2.84 bits per heavy atom. The lowest BCUT2D eigenvalue weighted by Gasteiger charge is -2.07. The average Bonchev–Trinajstić information content (AvgIpc) is 2.87. The van der Waals surface area contributed by atoms with E-state index in [0.29, 0.717) is 0 Å². The minimum absolute atomic E-state index is 0.814. The van der Waals surface area contributed by atoms with E-state index in [0.717, 1.165) is 34.7 Å². The molecule has 0 unspecified atom stereocenters. The largest absolute Gasteiger partial charge is 0.496 e. The molecule has 0 aliphatic rings. The molecule has 0 saturated heterocycles. The summed E-state index contributed by atoms with van der Waals surface area (Å²) in [5.41, 5.74) is 1.22. The topological polar surface area (TPSA) is 34.2 Å². The van der Waals surface area contributed by atoms with Crippen molar-refractivity contribution in [1.29, 1.82) is 0 Å². The van der Waals surface area contributed by atoms with Gasteiger partial charge in [0, 0.05) is 24.2 Å². The molecule has 0 atom stereocenters. The van der Waals surface area contributed by atoms with E-state index in [1.54, 1.807) is 18.4 Å². The third-order valence-electron chi connectivity index (χ3n) is 2.77. The summed E-state index contributed by atoms with van der Waals surface area (Å²) in [5, 5.41) is 4.55. The predicted octanol–water partition coefficient (Wildman–Crippen LogP) is 3.77. The summed E-state index contributed by atoms with van der Waals surface area (Å²) in [5.74, 6) is 0.858. The van der Waals surface area contributed by atoms with Crippen molar-refractivity contribution in [2.24, 2.45) is 0 Å². The minimum Gasteiger partial charge on any atom is -0.496 e. The van der Waals surface area contributed by atoms with E-state index in [2.05, 4.69) is 45.3 Å². The van der Waals surface area contributed by atoms with Gasteiger partial charge in [0.15, 0.2) is 0 Å². The number of thiazole rings is 1. The van der Waals surface area contributed by atoms with Crippen molar-refractivity contribution in [1.82, 2.24) is 10.3 Å². The molecule has 102 valence electrons. The van der Waals surface area contributed by atoms with Crippen LogP contribution in [0.25, 0.3) is 0 Å². The Kier molecular flexibility index (Phi) is 5.36. The lowest BCUT2D eigenvalue weighted by molar-refractivity contribution is 0.412. The van der Waals surface area contributed by atoms with Crippen LogP contribution in [0.4, 0.5) is 0 Å². The number of hydrogen-bond acceptors (Lipinski definition) is 4. The number of nitrogens with one attached hydrogen (secondary N) is 1. The third kappa shape index (κ3) is 4.03. The molecule has 1 N–H and O–H groups in total. The Morgan fingerprint density at radius 1 is 1.37 bits per heavy atom. The fourth-order valence-electron chi connectivity index (χ4n) is 1.73. The molecule has 0 amide bonds. The lowest BCUT2D eigenvalue weighted by atomic mass is 10.2. The second-order valence-electron chi connectivity index (χ2n) is 4.15. The Labute approximate surface area is 126 Å². The van der Waals surface area contributed by atoms with Crippen LogP contribution >= 0.6 is 27.3 Å². The van der Waals surface area contributed by atoms with Crippen molar-refractivity contribution in [2.45, 2.75) is 26.4 Å². The summed E-state index contributed by atoms with van der Waals surface area (Å²) in [4.78, 5) is 5.73. The second-order valence-corrected chi connectivity index (χ2v) is 6.20. The van der Waals surface area contributed by atoms with E-state index in [4.69, 9.17) is 4.74 Å². The standard InChI is InChI=1S/C14H17BrN2OS/c1-3-11-8-17-14(19-11)9-16-7-10-4-5-13(18-2)12(15)6-10/h4-6,8,16H,3,7,9H2,1-2H3. The molecule has 2 rings (SSSR count). The van der Waals surface area contributed by atoms with Gasteiger partial charge in [0.1, 0.15) is 10.8 Å². The number of nitrogens with zero attached hydrogens (tertiary/aromatic N) is 1. The maximum atomic E-state index is 5.21. The first-order valence-electron chi connectivity index (χ1n) is 6.19. The molecule has 0 bridgehead atoms. The zero-order valence-electron chi connectivity index (χ0n) is 11.1. The highest BCUT2D eigenvalue weighted by Gasteiger charge is 2.03. The van der Waals surface area contributed by atoms with Crippen LogP contribution < -0.4 is 10.1 Å². The van der Waals surface area contributed by atoms with Crippen LogP contribution in [-0.4, -0.2) is 12.1 Å². The zero-order chi connectivity index (χ0) is 13.7. The van der Waals surface area contributed by atoms with Crippen LogP contribution in [0.1, 0.15) is 22.4 Å². The molecule has 0 fully saturated rings. The summed E-state index contributed by atoms with van der Waals surface area (Å²) in [6, 6.07) is 6.11. The lowest BCUT2D eigenvalue weighted by Crippen LogP contribution is -2.12. The van der Waals surface area contributed by atoms with Gasteiger partial charge in [0.25, 0.3) is 0 Å². The van der Waals surface area contributed by atoms with E-state index < -0.39 is 0 Å². The first kappa shape index (κ1) is 14.5. The van der Waals surface area contributed by atoms with Gasteiger partial charge in [-0.1, -0.05) is 13.0 Å². The maximum absolute atomic E-state index is 5.21. The van der Waals surface area contributed by atoms with Crippen LogP contribution in [-0.2, 0) is 19.5 Å². The van der Waals surface area contributed by atoms with Crippen molar-refractivity contribution in [3.63, 3.8) is 0 Å². The Balaban J connectivity index is 1.87. The summed E-state index contributed by atoms with van der Waals surface area (Å²) >= 11 is 5.27. The van der Waals surface area contributed by atoms with Gasteiger partial charge < -0.3 is 10.1 Å². The van der Waals surface area contributed by atoms with Gasteiger partial charge in [-0.2, -0.15) is 0 Å². The van der Waals surface area contributed by atoms with Crippen LogP contribution in [0, 0.1) is 0 Å². The third-order valence-corrected chi connectivity index (χ3v) is 4.53. The number of methoxy groups -OCH3 is 1. The Hall–Kier alpha value is -0.910. The number of ether oxygens (including phenoxy) is 1. The SMILES string of the molecule is CCc1cnc(CNCc2ccc(OC)c(Br)c2)s1. The number of rotatable bonds is 6. The molecule has 0 aliphatic carbocycles. The van der Waals surface area contributed by atoms with E-state index in [1.165, 1.54) is 10.4 Å². The minimum atomic E-state index is 0.814. The summed E-state index contributed by atoms with van der Waals surface area (Å²) in [6.07, 6.45) is 3.02. The van der Waals surface area contributed by atoms with Crippen LogP contribution in [0.2, 0.25) is 0 Å². The Morgan fingerprint density at radius 2 is 2.21 bits per heavy atom. The first-order valence-corrected chi connectivity index (χ1v) is 7.80. The molecule has 2 aromatic rings. The molecular formula is C14H17BrN2OS. The molecule has 0 aliphatic heterocycles. The van der Waals surface area contributed by atoms with Crippen molar-refractivity contribution in [3.8, 4) is 5.75 Å². The van der Waals surface area contributed by atoms with Crippen molar-refractivity contribution < 1.29 is 4.74 Å². The summed E-state index contributed by atoms with van der Waals surface area (Å²) in [7, 11) is 1.67. The highest BCUT2D eigenvalue weighted by molar-refractivity contribution is 9.10. The van der Waals surface area contributed by atoms with Crippen LogP contribution in [0.15, 0.2) is 28.9 Å². The van der Waals surface area contributed by atoms with Crippen molar-refractivity contribution >= 4 is 27.3 Å². The van der Waals surface area contributed by atoms with E-state index in [-0.39, 0.29) is 0 Å². The number of hydrogen-bond donors (Lipinski definition) is 1. The average molecular weight is 341 g/mol. The molecule has 1 heterocycles. The van der Waals surface area contributed by atoms with E-state index >= 15 is 0 Å². The summed E-state index contributed by atoms with van der Waals surface area (Å²) < 4.78 is 6.20. The molecule has 0 radical (unpaired) electrons. The number of aryl methyl sites for hydroxylation is 1. The van der Waals surface area contributed by atoms with Gasteiger partial charge in [-0.05, 0) is 40.0 Å². The summed E-state index contributed by atoms with van der Waals surface area (Å²) in [6.45, 7) is 3.79. The molecule has 0 spiro atoms. The van der Waals surface area contributed by atoms with Crippen molar-refractivity contribution in [3.05, 3.63) is 44.3 Å². The fraction of sp³-hybridized carbons (Fsp3) is 0.357. The quantitative estimate of drug-likeness (QED) is 0.869. The number of halogens is 1. The van der Waals surface area contributed by atoms with Gasteiger partial charge in [-0.15, -0.1) is 11.3 Å². The van der Waals surface area contributed by atoms with Gasteiger partial charge in [-0.25, -0.2) is 4.98 Å². The maximum Gasteiger partial charge on any atom is 0.133 e. The van der Waals surface area contributed by atoms with Gasteiger partial charge in [0.2, 0.25) is 0 Å². The second kappa shape index (κ2) is 7.03. The van der Waals surface area contributed by atoms with E-state index in [1.807, 2.05) is 12.3 Å². The monoisotopic (exact) mass is 340 g/mol. The number of aromatic nitrogens is 1. The molecule has 3 nitrogen and oxygen atoms in total.